The first-order valence-electron chi connectivity index (χ1n) is 7.62. The van der Waals surface area contributed by atoms with Gasteiger partial charge in [0, 0.05) is 37.2 Å². The van der Waals surface area contributed by atoms with Crippen LogP contribution in [0.15, 0.2) is 30.5 Å². The van der Waals surface area contributed by atoms with Crippen LogP contribution in [0.25, 0.3) is 10.8 Å². The average molecular weight is 305 g/mol. The lowest BCUT2D eigenvalue weighted by Crippen LogP contribution is -2.40. The van der Waals surface area contributed by atoms with E-state index in [0.29, 0.717) is 12.0 Å². The van der Waals surface area contributed by atoms with Gasteiger partial charge in [-0.15, -0.1) is 11.6 Å². The van der Waals surface area contributed by atoms with Gasteiger partial charge >= 0.3 is 0 Å². The minimum absolute atomic E-state index is 0.317. The van der Waals surface area contributed by atoms with Gasteiger partial charge < -0.3 is 9.64 Å². The van der Waals surface area contributed by atoms with E-state index >= 15 is 0 Å². The highest BCUT2D eigenvalue weighted by Gasteiger charge is 2.22. The van der Waals surface area contributed by atoms with Gasteiger partial charge in [0.25, 0.3) is 0 Å². The molecular weight excluding hydrogens is 284 g/mol. The minimum atomic E-state index is 0.317. The Hall–Kier alpha value is -1.32. The van der Waals surface area contributed by atoms with Crippen molar-refractivity contribution in [1.82, 2.24) is 4.98 Å². The van der Waals surface area contributed by atoms with Crippen molar-refractivity contribution in [2.75, 3.05) is 24.6 Å². The quantitative estimate of drug-likeness (QED) is 0.799. The van der Waals surface area contributed by atoms with Gasteiger partial charge in [-0.2, -0.15) is 0 Å². The summed E-state index contributed by atoms with van der Waals surface area (Å²) in [6.45, 7) is 4.80. The predicted molar refractivity (Wildman–Crippen MR) is 88.2 cm³/mol. The van der Waals surface area contributed by atoms with Crippen LogP contribution in [0.2, 0.25) is 0 Å². The number of alkyl halides is 1. The number of anilines is 1. The van der Waals surface area contributed by atoms with Crippen LogP contribution >= 0.6 is 11.6 Å². The van der Waals surface area contributed by atoms with Crippen molar-refractivity contribution in [2.24, 2.45) is 0 Å². The maximum atomic E-state index is 6.03. The van der Waals surface area contributed by atoms with Gasteiger partial charge in [0.2, 0.25) is 0 Å². The summed E-state index contributed by atoms with van der Waals surface area (Å²) in [6, 6.07) is 8.39. The molecule has 21 heavy (non-hydrogen) atoms. The summed E-state index contributed by atoms with van der Waals surface area (Å²) in [7, 11) is 0. The van der Waals surface area contributed by atoms with Gasteiger partial charge in [-0.3, -0.25) is 0 Å². The average Bonchev–Trinajstić information content (AvgIpc) is 2.54. The number of rotatable bonds is 4. The summed E-state index contributed by atoms with van der Waals surface area (Å²) >= 11 is 6.03. The Morgan fingerprint density at radius 1 is 1.33 bits per heavy atom. The first-order valence-corrected chi connectivity index (χ1v) is 8.16. The highest BCUT2D eigenvalue weighted by atomic mass is 35.5. The zero-order chi connectivity index (χ0) is 14.7. The van der Waals surface area contributed by atoms with Gasteiger partial charge in [-0.25, -0.2) is 4.98 Å². The zero-order valence-electron chi connectivity index (χ0n) is 12.4. The van der Waals surface area contributed by atoms with E-state index in [1.54, 1.807) is 0 Å². The lowest BCUT2D eigenvalue weighted by molar-refractivity contribution is 0.0526. The summed E-state index contributed by atoms with van der Waals surface area (Å²) < 4.78 is 5.80. The number of aromatic nitrogens is 1. The standard InChI is InChI=1S/C17H21ClN2O/c1-2-21-14-6-5-9-20(12-14)17-16-8-4-3-7-15(16)13(10-18)11-19-17/h3-4,7-8,11,14H,2,5-6,9-10,12H2,1H3. The van der Waals surface area contributed by atoms with Crippen molar-refractivity contribution >= 4 is 28.2 Å². The lowest BCUT2D eigenvalue weighted by Gasteiger charge is -2.34. The number of benzene rings is 1. The first-order chi connectivity index (χ1) is 10.3. The summed E-state index contributed by atoms with van der Waals surface area (Å²) in [4.78, 5) is 7.03. The van der Waals surface area contributed by atoms with Crippen LogP contribution in [0.3, 0.4) is 0 Å². The summed E-state index contributed by atoms with van der Waals surface area (Å²) in [5.41, 5.74) is 1.09. The molecule has 0 amide bonds. The van der Waals surface area contributed by atoms with E-state index in [-0.39, 0.29) is 0 Å². The molecule has 1 aromatic carbocycles. The Morgan fingerprint density at radius 2 is 2.14 bits per heavy atom. The molecule has 0 saturated carbocycles. The molecule has 1 aliphatic rings. The van der Waals surface area contributed by atoms with Crippen molar-refractivity contribution in [3.8, 4) is 0 Å². The first kappa shape index (κ1) is 14.6. The number of ether oxygens (including phenoxy) is 1. The van der Waals surface area contributed by atoms with Gasteiger partial charge in [-0.1, -0.05) is 24.3 Å². The number of hydrogen-bond acceptors (Lipinski definition) is 3. The molecule has 2 aromatic rings. The Bertz CT molecular complexity index is 615. The Labute approximate surface area is 130 Å². The number of pyridine rings is 1. The molecule has 3 rings (SSSR count). The fourth-order valence-electron chi connectivity index (χ4n) is 3.10. The molecule has 0 spiro atoms. The van der Waals surface area contributed by atoms with E-state index in [1.165, 1.54) is 10.8 Å². The van der Waals surface area contributed by atoms with Gasteiger partial charge in [0.05, 0.1) is 6.10 Å². The van der Waals surface area contributed by atoms with Crippen LogP contribution in [0, 0.1) is 0 Å². The molecule has 0 aliphatic carbocycles. The lowest BCUT2D eigenvalue weighted by atomic mass is 10.0. The van der Waals surface area contributed by atoms with E-state index in [4.69, 9.17) is 16.3 Å². The zero-order valence-corrected chi connectivity index (χ0v) is 13.1. The second kappa shape index (κ2) is 6.63. The summed E-state index contributed by atoms with van der Waals surface area (Å²) in [5.74, 6) is 1.55. The third-order valence-corrected chi connectivity index (χ3v) is 4.37. The molecule has 1 fully saturated rings. The molecule has 0 bridgehead atoms. The normalized spacial score (nSPS) is 19.1. The smallest absolute Gasteiger partial charge is 0.136 e. The second-order valence-electron chi connectivity index (χ2n) is 5.45. The molecule has 1 aromatic heterocycles. The van der Waals surface area contributed by atoms with Crippen LogP contribution < -0.4 is 4.90 Å². The van der Waals surface area contributed by atoms with Crippen molar-refractivity contribution in [2.45, 2.75) is 31.7 Å². The molecule has 0 N–H and O–H groups in total. The monoisotopic (exact) mass is 304 g/mol. The second-order valence-corrected chi connectivity index (χ2v) is 5.72. The number of nitrogens with zero attached hydrogens (tertiary/aromatic N) is 2. The molecule has 1 aliphatic heterocycles. The van der Waals surface area contributed by atoms with E-state index in [9.17, 15) is 0 Å². The summed E-state index contributed by atoms with van der Waals surface area (Å²) in [6.07, 6.45) is 4.52. The van der Waals surface area contributed by atoms with Crippen LogP contribution in [-0.2, 0) is 10.6 Å². The third kappa shape index (κ3) is 2.99. The Kier molecular flexibility index (Phi) is 4.61. The number of halogens is 1. The van der Waals surface area contributed by atoms with Crippen LogP contribution in [0.5, 0.6) is 0 Å². The van der Waals surface area contributed by atoms with Crippen LogP contribution in [0.1, 0.15) is 25.3 Å². The van der Waals surface area contributed by atoms with Crippen molar-refractivity contribution in [3.63, 3.8) is 0 Å². The van der Waals surface area contributed by atoms with Crippen LogP contribution in [0.4, 0.5) is 5.82 Å². The van der Waals surface area contributed by atoms with E-state index < -0.39 is 0 Å². The van der Waals surface area contributed by atoms with Crippen molar-refractivity contribution < 1.29 is 4.74 Å². The fourth-order valence-corrected chi connectivity index (χ4v) is 3.31. The molecule has 3 nitrogen and oxygen atoms in total. The topological polar surface area (TPSA) is 25.4 Å². The van der Waals surface area contributed by atoms with Crippen molar-refractivity contribution in [3.05, 3.63) is 36.0 Å². The van der Waals surface area contributed by atoms with E-state index in [2.05, 4.69) is 41.1 Å². The molecule has 1 atom stereocenters. The molecular formula is C17H21ClN2O. The van der Waals surface area contributed by atoms with Gasteiger partial charge in [-0.05, 0) is 30.7 Å². The largest absolute Gasteiger partial charge is 0.377 e. The number of fused-ring (bicyclic) bond motifs is 1. The Morgan fingerprint density at radius 3 is 2.90 bits per heavy atom. The SMILES string of the molecule is CCOC1CCCN(c2ncc(CCl)c3ccccc23)C1. The molecule has 2 heterocycles. The molecule has 4 heteroatoms. The van der Waals surface area contributed by atoms with E-state index in [1.807, 2.05) is 6.20 Å². The highest BCUT2D eigenvalue weighted by molar-refractivity contribution is 6.18. The Balaban J connectivity index is 1.97. The van der Waals surface area contributed by atoms with Crippen LogP contribution in [-0.4, -0.2) is 30.8 Å². The van der Waals surface area contributed by atoms with E-state index in [0.717, 1.165) is 43.9 Å². The maximum absolute atomic E-state index is 6.03. The molecule has 112 valence electrons. The van der Waals surface area contributed by atoms with Gasteiger partial charge in [0.1, 0.15) is 5.82 Å². The number of hydrogen-bond donors (Lipinski definition) is 0. The fraction of sp³-hybridized carbons (Fsp3) is 0.471. The molecule has 1 saturated heterocycles. The maximum Gasteiger partial charge on any atom is 0.136 e. The third-order valence-electron chi connectivity index (χ3n) is 4.08. The molecule has 0 radical (unpaired) electrons. The van der Waals surface area contributed by atoms with Crippen molar-refractivity contribution in [1.29, 1.82) is 0 Å². The minimum Gasteiger partial charge on any atom is -0.377 e. The van der Waals surface area contributed by atoms with Gasteiger partial charge in [0.15, 0.2) is 0 Å². The number of piperidine rings is 1. The highest BCUT2D eigenvalue weighted by Crippen LogP contribution is 2.30. The molecule has 1 unspecified atom stereocenters. The predicted octanol–water partition coefficient (Wildman–Crippen LogP) is 3.98. The summed E-state index contributed by atoms with van der Waals surface area (Å²) in [5, 5.41) is 2.39.